The Morgan fingerprint density at radius 2 is 1.87 bits per heavy atom. The Balaban J connectivity index is 2.08. The van der Waals surface area contributed by atoms with Crippen LogP contribution in [0.4, 0.5) is 4.79 Å². The van der Waals surface area contributed by atoms with Crippen molar-refractivity contribution in [3.05, 3.63) is 0 Å². The molecule has 5 heteroatoms. The maximum atomic E-state index is 11.5. The molecule has 0 aromatic carbocycles. The molecule has 86 valence electrons. The van der Waals surface area contributed by atoms with Gasteiger partial charge in [0.2, 0.25) is 5.91 Å². The smallest absolute Gasteiger partial charge is 0.314 e. The van der Waals surface area contributed by atoms with Crippen LogP contribution in [-0.4, -0.2) is 43.0 Å². The first-order valence-electron chi connectivity index (χ1n) is 5.53. The minimum Gasteiger partial charge on any atom is -0.343 e. The summed E-state index contributed by atoms with van der Waals surface area (Å²) < 4.78 is 0. The largest absolute Gasteiger partial charge is 0.343 e. The molecular weight excluding hydrogens is 194 g/mol. The monoisotopic (exact) mass is 213 g/mol. The number of nitrogens with zero attached hydrogens (tertiary/aromatic N) is 1. The van der Waals surface area contributed by atoms with Crippen LogP contribution >= 0.6 is 0 Å². The van der Waals surface area contributed by atoms with E-state index in [2.05, 4.69) is 10.6 Å². The first-order valence-corrected chi connectivity index (χ1v) is 5.53. The van der Waals surface area contributed by atoms with Crippen LogP contribution in [0.25, 0.3) is 0 Å². The van der Waals surface area contributed by atoms with Gasteiger partial charge in [0.25, 0.3) is 0 Å². The number of rotatable bonds is 4. The maximum Gasteiger partial charge on any atom is 0.314 e. The van der Waals surface area contributed by atoms with E-state index < -0.39 is 0 Å². The summed E-state index contributed by atoms with van der Waals surface area (Å²) in [5.41, 5.74) is 0. The highest BCUT2D eigenvalue weighted by Gasteiger charge is 2.17. The predicted octanol–water partition coefficient (Wildman–Crippen LogP) is 0.318. The molecule has 1 heterocycles. The van der Waals surface area contributed by atoms with E-state index in [4.69, 9.17) is 0 Å². The highest BCUT2D eigenvalue weighted by Crippen LogP contribution is 2.08. The summed E-state index contributed by atoms with van der Waals surface area (Å²) >= 11 is 0. The Kier molecular flexibility index (Phi) is 4.93. The van der Waals surface area contributed by atoms with Crippen molar-refractivity contribution < 1.29 is 9.59 Å². The van der Waals surface area contributed by atoms with Gasteiger partial charge in [-0.3, -0.25) is 4.79 Å². The molecule has 5 nitrogen and oxygen atoms in total. The van der Waals surface area contributed by atoms with Crippen LogP contribution in [0.15, 0.2) is 0 Å². The standard InChI is InChI=1S/C10H19N3O2/c1-2-11-10(15)12-6-5-9(14)13-7-3-4-8-13/h2-8H2,1H3,(H2,11,12,15). The molecule has 0 spiro atoms. The quantitative estimate of drug-likeness (QED) is 0.706. The number of amides is 3. The fraction of sp³-hybridized carbons (Fsp3) is 0.800. The molecule has 0 unspecified atom stereocenters. The Morgan fingerprint density at radius 3 is 2.47 bits per heavy atom. The molecule has 0 atom stereocenters. The zero-order valence-corrected chi connectivity index (χ0v) is 9.21. The van der Waals surface area contributed by atoms with Crippen LogP contribution < -0.4 is 10.6 Å². The molecule has 2 N–H and O–H groups in total. The lowest BCUT2D eigenvalue weighted by Gasteiger charge is -2.15. The minimum atomic E-state index is -0.202. The molecule has 0 saturated carbocycles. The third-order valence-corrected chi connectivity index (χ3v) is 2.42. The molecule has 1 fully saturated rings. The van der Waals surface area contributed by atoms with E-state index in [1.54, 1.807) is 0 Å². The van der Waals surface area contributed by atoms with Gasteiger partial charge in [0.1, 0.15) is 0 Å². The van der Waals surface area contributed by atoms with Gasteiger partial charge < -0.3 is 15.5 Å². The lowest BCUT2D eigenvalue weighted by molar-refractivity contribution is -0.129. The van der Waals surface area contributed by atoms with E-state index in [0.717, 1.165) is 25.9 Å². The van der Waals surface area contributed by atoms with Gasteiger partial charge in [0.05, 0.1) is 0 Å². The number of hydrogen-bond donors (Lipinski definition) is 2. The van der Waals surface area contributed by atoms with E-state index >= 15 is 0 Å². The van der Waals surface area contributed by atoms with Crippen molar-refractivity contribution in [2.45, 2.75) is 26.2 Å². The van der Waals surface area contributed by atoms with Crippen LogP contribution in [0.1, 0.15) is 26.2 Å². The molecule has 0 aliphatic carbocycles. The summed E-state index contributed by atoms with van der Waals surface area (Å²) in [6, 6.07) is -0.202. The molecule has 1 aliphatic heterocycles. The third-order valence-electron chi connectivity index (χ3n) is 2.42. The zero-order valence-electron chi connectivity index (χ0n) is 9.21. The molecule has 0 bridgehead atoms. The Hall–Kier alpha value is -1.26. The highest BCUT2D eigenvalue weighted by molar-refractivity contribution is 5.78. The Morgan fingerprint density at radius 1 is 1.20 bits per heavy atom. The number of hydrogen-bond acceptors (Lipinski definition) is 2. The Labute approximate surface area is 90.2 Å². The predicted molar refractivity (Wildman–Crippen MR) is 57.5 cm³/mol. The third kappa shape index (κ3) is 4.18. The first-order chi connectivity index (χ1) is 7.24. The maximum absolute atomic E-state index is 11.5. The summed E-state index contributed by atoms with van der Waals surface area (Å²) in [5, 5.41) is 5.25. The summed E-state index contributed by atoms with van der Waals surface area (Å²) in [6.45, 7) is 4.63. The number of nitrogens with one attached hydrogen (secondary N) is 2. The fourth-order valence-corrected chi connectivity index (χ4v) is 1.63. The number of urea groups is 1. The molecule has 15 heavy (non-hydrogen) atoms. The average Bonchev–Trinajstić information content (AvgIpc) is 2.70. The number of likely N-dealkylation sites (tertiary alicyclic amines) is 1. The second-order valence-corrected chi connectivity index (χ2v) is 3.62. The summed E-state index contributed by atoms with van der Waals surface area (Å²) in [6.07, 6.45) is 2.61. The van der Waals surface area contributed by atoms with Crippen LogP contribution in [-0.2, 0) is 4.79 Å². The highest BCUT2D eigenvalue weighted by atomic mass is 16.2. The minimum absolute atomic E-state index is 0.143. The van der Waals surface area contributed by atoms with Gasteiger partial charge in [-0.1, -0.05) is 0 Å². The van der Waals surface area contributed by atoms with Crippen molar-refractivity contribution in [3.8, 4) is 0 Å². The van der Waals surface area contributed by atoms with Crippen LogP contribution in [0.3, 0.4) is 0 Å². The molecule has 0 aromatic rings. The first kappa shape index (κ1) is 11.8. The normalized spacial score (nSPS) is 15.1. The molecule has 3 amide bonds. The SMILES string of the molecule is CCNC(=O)NCCC(=O)N1CCCC1. The number of carbonyl (C=O) groups is 2. The van der Waals surface area contributed by atoms with E-state index in [-0.39, 0.29) is 11.9 Å². The summed E-state index contributed by atoms with van der Waals surface area (Å²) in [5.74, 6) is 0.143. The second kappa shape index (κ2) is 6.27. The van der Waals surface area contributed by atoms with Gasteiger partial charge in [-0.15, -0.1) is 0 Å². The number of carbonyl (C=O) groups excluding carboxylic acids is 2. The fourth-order valence-electron chi connectivity index (χ4n) is 1.63. The topological polar surface area (TPSA) is 61.4 Å². The molecule has 0 radical (unpaired) electrons. The molecular formula is C10H19N3O2. The zero-order chi connectivity index (χ0) is 11.1. The lowest BCUT2D eigenvalue weighted by Crippen LogP contribution is -2.38. The van der Waals surface area contributed by atoms with E-state index in [9.17, 15) is 9.59 Å². The lowest BCUT2D eigenvalue weighted by atomic mass is 10.3. The van der Waals surface area contributed by atoms with Crippen LogP contribution in [0.2, 0.25) is 0 Å². The van der Waals surface area contributed by atoms with Crippen LogP contribution in [0, 0.1) is 0 Å². The van der Waals surface area contributed by atoms with E-state index in [0.29, 0.717) is 19.5 Å². The van der Waals surface area contributed by atoms with Gasteiger partial charge in [-0.25, -0.2) is 4.79 Å². The van der Waals surface area contributed by atoms with Gasteiger partial charge >= 0.3 is 6.03 Å². The van der Waals surface area contributed by atoms with Gasteiger partial charge in [-0.05, 0) is 19.8 Å². The van der Waals surface area contributed by atoms with Crippen molar-refractivity contribution >= 4 is 11.9 Å². The second-order valence-electron chi connectivity index (χ2n) is 3.62. The van der Waals surface area contributed by atoms with Gasteiger partial charge in [-0.2, -0.15) is 0 Å². The molecule has 1 saturated heterocycles. The van der Waals surface area contributed by atoms with E-state index in [1.807, 2.05) is 11.8 Å². The summed E-state index contributed by atoms with van der Waals surface area (Å²) in [4.78, 5) is 24.4. The molecule has 1 rings (SSSR count). The van der Waals surface area contributed by atoms with Crippen molar-refractivity contribution in [3.63, 3.8) is 0 Å². The molecule has 1 aliphatic rings. The van der Waals surface area contributed by atoms with Gasteiger partial charge in [0.15, 0.2) is 0 Å². The summed E-state index contributed by atoms with van der Waals surface area (Å²) in [7, 11) is 0. The molecule has 0 aromatic heterocycles. The van der Waals surface area contributed by atoms with Crippen molar-refractivity contribution in [1.29, 1.82) is 0 Å². The van der Waals surface area contributed by atoms with Crippen LogP contribution in [0.5, 0.6) is 0 Å². The Bertz CT molecular complexity index is 225. The van der Waals surface area contributed by atoms with E-state index in [1.165, 1.54) is 0 Å². The van der Waals surface area contributed by atoms with Crippen molar-refractivity contribution in [2.75, 3.05) is 26.2 Å². The van der Waals surface area contributed by atoms with Crippen molar-refractivity contribution in [1.82, 2.24) is 15.5 Å². The average molecular weight is 213 g/mol. The van der Waals surface area contributed by atoms with Gasteiger partial charge in [0, 0.05) is 32.6 Å². The van der Waals surface area contributed by atoms with Crippen molar-refractivity contribution in [2.24, 2.45) is 0 Å².